The molecule has 0 bridgehead atoms. The topological polar surface area (TPSA) is 59.0 Å². The summed E-state index contributed by atoms with van der Waals surface area (Å²) in [4.78, 5) is 2.15. The molecule has 0 saturated heterocycles. The van der Waals surface area contributed by atoms with Crippen LogP contribution in [0.15, 0.2) is 128 Å². The number of anilines is 1. The van der Waals surface area contributed by atoms with Gasteiger partial charge in [-0.25, -0.2) is 0 Å². The van der Waals surface area contributed by atoms with Crippen LogP contribution in [0.25, 0.3) is 0 Å². The zero-order valence-corrected chi connectivity index (χ0v) is 25.7. The van der Waals surface area contributed by atoms with Gasteiger partial charge in [-0.15, -0.1) is 4.15 Å². The number of fused-ring (bicyclic) bond motifs is 1. The van der Waals surface area contributed by atoms with Crippen LogP contribution in [0.4, 0.5) is 5.69 Å². The summed E-state index contributed by atoms with van der Waals surface area (Å²) in [6.45, 7) is 4.27. The van der Waals surface area contributed by atoms with Crippen molar-refractivity contribution in [3.8, 4) is 5.75 Å². The summed E-state index contributed by atoms with van der Waals surface area (Å²) in [6.07, 6.45) is 0. The monoisotopic (exact) mass is 640 g/mol. The standard InChI is InChI=1S/C30H27BrClN2O3PS/c1-30(2)27-14-7-8-15-28(27)34(3)29(30)21-38(25-12-5-4-6-13-25,37-24-11-9-10-22(31)20-24)33-39(35,36)26-18-16-23(32)17-19-26/h4-21H,1-3H3/b29-21-/t38-/m1/s1. The van der Waals surface area contributed by atoms with Crippen molar-refractivity contribution in [2.75, 3.05) is 11.9 Å². The Morgan fingerprint density at radius 2 is 1.59 bits per heavy atom. The minimum atomic E-state index is -4.16. The number of hydrogen-bond acceptors (Lipinski definition) is 4. The van der Waals surface area contributed by atoms with E-state index >= 15 is 0 Å². The SMILES string of the molecule is CN1/C(=C\[P@@](=NS(=O)(=O)c2ccc(Cl)cc2)(Oc2cccc(Br)c2)c2ccccc2)C(C)(C)c2ccccc21. The van der Waals surface area contributed by atoms with Gasteiger partial charge in [0.05, 0.1) is 4.90 Å². The third kappa shape index (κ3) is 5.46. The van der Waals surface area contributed by atoms with E-state index in [0.29, 0.717) is 16.1 Å². The molecule has 1 aliphatic heterocycles. The zero-order chi connectivity index (χ0) is 27.8. The third-order valence-corrected chi connectivity index (χ3v) is 12.3. The Morgan fingerprint density at radius 1 is 0.923 bits per heavy atom. The van der Waals surface area contributed by atoms with Gasteiger partial charge in [-0.1, -0.05) is 83.8 Å². The van der Waals surface area contributed by atoms with E-state index in [9.17, 15) is 8.42 Å². The number of benzene rings is 4. The van der Waals surface area contributed by atoms with Gasteiger partial charge in [0.25, 0.3) is 10.0 Å². The van der Waals surface area contributed by atoms with E-state index in [1.807, 2.05) is 79.6 Å². The van der Waals surface area contributed by atoms with Gasteiger partial charge in [-0.05, 0) is 66.2 Å². The molecule has 4 aromatic rings. The molecule has 0 aliphatic carbocycles. The molecule has 0 aromatic heterocycles. The predicted octanol–water partition coefficient (Wildman–Crippen LogP) is 8.58. The van der Waals surface area contributed by atoms with Crippen molar-refractivity contribution in [1.82, 2.24) is 0 Å². The van der Waals surface area contributed by atoms with E-state index in [4.69, 9.17) is 16.1 Å². The number of nitrogens with zero attached hydrogens (tertiary/aromatic N) is 2. The molecule has 0 radical (unpaired) electrons. The van der Waals surface area contributed by atoms with Gasteiger partial charge in [0.2, 0.25) is 7.28 Å². The van der Waals surface area contributed by atoms with E-state index in [0.717, 1.165) is 21.4 Å². The minimum absolute atomic E-state index is 0.0470. The molecule has 1 heterocycles. The fourth-order valence-corrected chi connectivity index (χ4v) is 10.3. The van der Waals surface area contributed by atoms with Crippen LogP contribution in [0, 0.1) is 0 Å². The number of para-hydroxylation sites is 1. The molecule has 5 rings (SSSR count). The van der Waals surface area contributed by atoms with Crippen molar-refractivity contribution in [1.29, 1.82) is 0 Å². The highest BCUT2D eigenvalue weighted by molar-refractivity contribution is 9.10. The smallest absolute Gasteiger partial charge is 0.284 e. The van der Waals surface area contributed by atoms with E-state index in [1.54, 1.807) is 12.1 Å². The summed E-state index contributed by atoms with van der Waals surface area (Å²) in [5.74, 6) is 2.45. The number of hydrogen-bond donors (Lipinski definition) is 0. The highest BCUT2D eigenvalue weighted by Gasteiger charge is 2.41. The summed E-state index contributed by atoms with van der Waals surface area (Å²) in [5.41, 5.74) is 2.69. The number of likely N-dealkylation sites (N-methyl/N-ethyl adjacent to an activating group) is 1. The molecule has 1 atom stereocenters. The molecule has 4 aromatic carbocycles. The first-order valence-corrected chi connectivity index (χ1v) is 16.6. The molecule has 0 spiro atoms. The zero-order valence-electron chi connectivity index (χ0n) is 21.6. The largest absolute Gasteiger partial charge is 0.451 e. The van der Waals surface area contributed by atoms with Crippen molar-refractivity contribution >= 4 is 55.8 Å². The van der Waals surface area contributed by atoms with Crippen LogP contribution < -0.4 is 14.7 Å². The second kappa shape index (κ2) is 10.6. The second-order valence-electron chi connectivity index (χ2n) is 9.73. The number of allylic oxidation sites excluding steroid dienone is 1. The van der Waals surface area contributed by atoms with E-state index in [1.165, 1.54) is 12.1 Å². The lowest BCUT2D eigenvalue weighted by Gasteiger charge is -2.29. The van der Waals surface area contributed by atoms with Crippen molar-refractivity contribution in [3.05, 3.63) is 130 Å². The van der Waals surface area contributed by atoms with Crippen LogP contribution in [-0.2, 0) is 15.4 Å². The Morgan fingerprint density at radius 3 is 2.26 bits per heavy atom. The molecule has 0 amide bonds. The first kappa shape index (κ1) is 27.7. The highest BCUT2D eigenvalue weighted by Crippen LogP contribution is 2.58. The molecule has 39 heavy (non-hydrogen) atoms. The fourth-order valence-electron chi connectivity index (χ4n) is 4.78. The number of halogens is 2. The normalized spacial score (nSPS) is 16.9. The Hall–Kier alpha value is -2.83. The maximum Gasteiger partial charge on any atom is 0.284 e. The summed E-state index contributed by atoms with van der Waals surface area (Å²) in [6, 6.07) is 31.0. The predicted molar refractivity (Wildman–Crippen MR) is 165 cm³/mol. The van der Waals surface area contributed by atoms with Crippen LogP contribution in [0.5, 0.6) is 5.75 Å². The number of sulfonamides is 1. The average molecular weight is 642 g/mol. The summed E-state index contributed by atoms with van der Waals surface area (Å²) in [7, 11) is -5.57. The Balaban J connectivity index is 1.84. The van der Waals surface area contributed by atoms with Crippen LogP contribution in [0.1, 0.15) is 19.4 Å². The second-order valence-corrected chi connectivity index (χ2v) is 15.4. The first-order valence-electron chi connectivity index (χ1n) is 12.2. The van der Waals surface area contributed by atoms with Crippen LogP contribution >= 0.6 is 34.8 Å². The molecule has 9 heteroatoms. The van der Waals surface area contributed by atoms with Crippen molar-refractivity contribution in [2.45, 2.75) is 24.2 Å². The average Bonchev–Trinajstić information content (AvgIpc) is 3.10. The van der Waals surface area contributed by atoms with Crippen molar-refractivity contribution in [2.24, 2.45) is 4.15 Å². The molecule has 0 fully saturated rings. The van der Waals surface area contributed by atoms with Gasteiger partial charge in [-0.3, -0.25) is 0 Å². The number of rotatable bonds is 6. The van der Waals surface area contributed by atoms with Crippen LogP contribution in [-0.4, -0.2) is 15.5 Å². The first-order chi connectivity index (χ1) is 18.5. The fraction of sp³-hybridized carbons (Fsp3) is 0.133. The maximum absolute atomic E-state index is 13.9. The third-order valence-electron chi connectivity index (χ3n) is 6.74. The van der Waals surface area contributed by atoms with E-state index in [-0.39, 0.29) is 4.90 Å². The lowest BCUT2D eigenvalue weighted by molar-refractivity contribution is 0.593. The van der Waals surface area contributed by atoms with Gasteiger partial charge in [0.1, 0.15) is 5.75 Å². The Bertz CT molecular complexity index is 1720. The Labute approximate surface area is 243 Å². The van der Waals surface area contributed by atoms with Crippen LogP contribution in [0.3, 0.4) is 0 Å². The quantitative estimate of drug-likeness (QED) is 0.198. The summed E-state index contributed by atoms with van der Waals surface area (Å²) >= 11 is 9.57. The van der Waals surface area contributed by atoms with Gasteiger partial charge in [0, 0.05) is 44.5 Å². The highest BCUT2D eigenvalue weighted by atomic mass is 79.9. The van der Waals surface area contributed by atoms with Gasteiger partial charge >= 0.3 is 0 Å². The lowest BCUT2D eigenvalue weighted by Crippen LogP contribution is -2.24. The molecule has 0 N–H and O–H groups in total. The summed E-state index contributed by atoms with van der Waals surface area (Å²) in [5, 5.41) is 1.12. The van der Waals surface area contributed by atoms with E-state index in [2.05, 4.69) is 51.0 Å². The van der Waals surface area contributed by atoms with Crippen molar-refractivity contribution in [3.63, 3.8) is 0 Å². The molecule has 5 nitrogen and oxygen atoms in total. The van der Waals surface area contributed by atoms with Gasteiger partial charge < -0.3 is 9.42 Å². The summed E-state index contributed by atoms with van der Waals surface area (Å²) < 4.78 is 40.1. The molecule has 0 unspecified atom stereocenters. The molecular weight excluding hydrogens is 615 g/mol. The maximum atomic E-state index is 13.9. The Kier molecular flexibility index (Phi) is 7.55. The molecular formula is C30H27BrClN2O3PS. The molecule has 0 saturated carbocycles. The minimum Gasteiger partial charge on any atom is -0.451 e. The van der Waals surface area contributed by atoms with Gasteiger partial charge in [-0.2, -0.15) is 8.42 Å². The molecule has 200 valence electrons. The molecule has 1 aliphatic rings. The van der Waals surface area contributed by atoms with Gasteiger partial charge in [0.15, 0.2) is 0 Å². The van der Waals surface area contributed by atoms with Crippen LogP contribution in [0.2, 0.25) is 5.02 Å². The lowest BCUT2D eigenvalue weighted by atomic mass is 9.84. The van der Waals surface area contributed by atoms with Crippen molar-refractivity contribution < 1.29 is 12.9 Å². The van der Waals surface area contributed by atoms with E-state index < -0.39 is 22.7 Å².